The van der Waals surface area contributed by atoms with Crippen molar-refractivity contribution in [3.8, 4) is 0 Å². The van der Waals surface area contributed by atoms with Gasteiger partial charge in [0.25, 0.3) is 0 Å². The molecule has 0 aromatic rings. The standard InChI is InChI=1S/C27H52N2O7.C13H25N3O5S.CH2O.CH4S/c1-2-35-21-22-36-20-19-28-25(31)18-17-24(23-30)29-26(32)15-13-11-9-7-5-3-4-6-8-10-12-14-16-27(33)34;17-9-12(16-22)3-1-2-4-15-13(19)10-21-8-7-20-6-5-14-11-18;2*1-2/h24,30H,2-23H2,1H3,(H,28,31)(H,29,32)(H,33,34);9,11-12,16,22H,1-8,10H2,(H,14,18)(H,15,19);1H2;2H,1H3. The van der Waals surface area contributed by atoms with Crippen molar-refractivity contribution in [3.05, 3.63) is 0 Å². The lowest BCUT2D eigenvalue weighted by atomic mass is 10.0. The highest BCUT2D eigenvalue weighted by molar-refractivity contribution is 7.79. The lowest BCUT2D eigenvalue weighted by molar-refractivity contribution is -0.137. The first kappa shape index (κ1) is 65.8. The number of aliphatic carboxylic acids is 1. The number of amides is 4. The molecule has 20 heteroatoms. The fraction of sp³-hybridized carbons (Fsp3) is 0.833. The second-order valence-corrected chi connectivity index (χ2v) is 14.0. The Labute approximate surface area is 382 Å². The number of carbonyl (C=O) groups excluding carboxylic acids is 6. The summed E-state index contributed by atoms with van der Waals surface area (Å²) >= 11 is 7.36. The van der Waals surface area contributed by atoms with E-state index in [2.05, 4.69) is 51.4 Å². The zero-order valence-electron chi connectivity index (χ0n) is 37.7. The molecule has 0 fully saturated rings. The Hall–Kier alpha value is -2.85. The smallest absolute Gasteiger partial charge is 0.303 e. The zero-order chi connectivity index (χ0) is 47.2. The van der Waals surface area contributed by atoms with Crippen molar-refractivity contribution in [2.45, 2.75) is 141 Å². The van der Waals surface area contributed by atoms with Gasteiger partial charge in [-0.15, -0.1) is 0 Å². The van der Waals surface area contributed by atoms with Crippen LogP contribution in [0, 0.1) is 0 Å². The number of nitrogens with one attached hydrogen (secondary N) is 5. The van der Waals surface area contributed by atoms with Crippen molar-refractivity contribution in [3.63, 3.8) is 0 Å². The number of hydrogen-bond acceptors (Lipinski definition) is 15. The second-order valence-electron chi connectivity index (χ2n) is 13.7. The van der Waals surface area contributed by atoms with Crippen LogP contribution in [0.2, 0.25) is 0 Å². The molecule has 0 rings (SSSR count). The SMILES string of the molecule is C=O.CCOCCOCCNC(=O)CCC(CO)NC(=O)CCCCCCCCCCCCCCC(=O)O.CS.O=CNCCOCCOCC(=O)NCCCCC(C=O)NS. The first-order valence-electron chi connectivity index (χ1n) is 22.0. The molecule has 0 heterocycles. The Balaban J connectivity index is -0.000000552. The van der Waals surface area contributed by atoms with Crippen LogP contribution in [-0.2, 0) is 52.5 Å². The molecular formula is C42H83N5O13S2. The van der Waals surface area contributed by atoms with Gasteiger partial charge in [0.1, 0.15) is 19.7 Å². The van der Waals surface area contributed by atoms with E-state index in [0.717, 1.165) is 57.7 Å². The Kier molecular flexibility index (Phi) is 61.7. The number of carboxylic acid groups (broad SMARTS) is 1. The summed E-state index contributed by atoms with van der Waals surface area (Å²) in [7, 11) is 0. The van der Waals surface area contributed by atoms with Gasteiger partial charge in [0, 0.05) is 45.5 Å². The third kappa shape index (κ3) is 57.1. The minimum Gasteiger partial charge on any atom is -0.481 e. The van der Waals surface area contributed by atoms with Crippen molar-refractivity contribution in [2.24, 2.45) is 0 Å². The molecule has 0 aromatic carbocycles. The average molecular weight is 930 g/mol. The van der Waals surface area contributed by atoms with Crippen LogP contribution >= 0.6 is 25.4 Å². The van der Waals surface area contributed by atoms with Crippen LogP contribution in [0.1, 0.15) is 129 Å². The predicted octanol–water partition coefficient (Wildman–Crippen LogP) is 3.37. The van der Waals surface area contributed by atoms with Gasteiger partial charge in [-0.2, -0.15) is 12.6 Å². The van der Waals surface area contributed by atoms with Gasteiger partial charge < -0.3 is 60.0 Å². The van der Waals surface area contributed by atoms with Crippen LogP contribution in [-0.4, -0.2) is 151 Å². The van der Waals surface area contributed by atoms with Gasteiger partial charge in [-0.1, -0.05) is 77.0 Å². The van der Waals surface area contributed by atoms with Crippen LogP contribution in [0.4, 0.5) is 0 Å². The van der Waals surface area contributed by atoms with Crippen LogP contribution in [0.3, 0.4) is 0 Å². The summed E-state index contributed by atoms with van der Waals surface area (Å²) in [6, 6.07) is -0.646. The van der Waals surface area contributed by atoms with E-state index in [0.29, 0.717) is 91.6 Å². The Morgan fingerprint density at radius 2 is 1.13 bits per heavy atom. The van der Waals surface area contributed by atoms with E-state index in [1.54, 1.807) is 6.26 Å². The van der Waals surface area contributed by atoms with Gasteiger partial charge in [0.2, 0.25) is 24.1 Å². The van der Waals surface area contributed by atoms with Gasteiger partial charge in [-0.05, 0) is 51.7 Å². The maximum atomic E-state index is 12.1. The summed E-state index contributed by atoms with van der Waals surface area (Å²) in [5.74, 6) is -1.07. The molecule has 62 heavy (non-hydrogen) atoms. The molecule has 366 valence electrons. The lowest BCUT2D eigenvalue weighted by Crippen LogP contribution is -2.38. The molecule has 0 bridgehead atoms. The van der Waals surface area contributed by atoms with Crippen molar-refractivity contribution in [2.75, 3.05) is 85.4 Å². The van der Waals surface area contributed by atoms with E-state index in [4.69, 9.17) is 28.8 Å². The highest BCUT2D eigenvalue weighted by Gasteiger charge is 2.13. The quantitative estimate of drug-likeness (QED) is 0.0242. The van der Waals surface area contributed by atoms with Crippen molar-refractivity contribution < 1.29 is 62.7 Å². The van der Waals surface area contributed by atoms with Crippen molar-refractivity contribution in [1.29, 1.82) is 0 Å². The topological polar surface area (TPSA) is 257 Å². The largest absolute Gasteiger partial charge is 0.481 e. The number of aliphatic hydroxyl groups excluding tert-OH is 1. The van der Waals surface area contributed by atoms with E-state index < -0.39 is 12.0 Å². The van der Waals surface area contributed by atoms with Crippen LogP contribution in [0.15, 0.2) is 0 Å². The van der Waals surface area contributed by atoms with E-state index in [9.17, 15) is 33.9 Å². The fourth-order valence-corrected chi connectivity index (χ4v) is 5.55. The molecule has 0 aliphatic rings. The summed E-state index contributed by atoms with van der Waals surface area (Å²) in [5.41, 5.74) is 0. The summed E-state index contributed by atoms with van der Waals surface area (Å²) in [6.07, 6.45) is 20.0. The molecule has 0 aliphatic carbocycles. The van der Waals surface area contributed by atoms with E-state index in [1.165, 1.54) is 38.5 Å². The first-order valence-corrected chi connectivity index (χ1v) is 23.3. The molecule has 18 nitrogen and oxygen atoms in total. The third-order valence-corrected chi connectivity index (χ3v) is 9.00. The summed E-state index contributed by atoms with van der Waals surface area (Å²) in [5, 5.41) is 28.9. The second kappa shape index (κ2) is 58.1. The van der Waals surface area contributed by atoms with Crippen molar-refractivity contribution in [1.82, 2.24) is 26.0 Å². The zero-order valence-corrected chi connectivity index (χ0v) is 39.5. The molecule has 2 unspecified atom stereocenters. The fourth-order valence-electron chi connectivity index (χ4n) is 5.36. The number of ether oxygens (including phenoxy) is 4. The highest BCUT2D eigenvalue weighted by atomic mass is 32.1. The van der Waals surface area contributed by atoms with Gasteiger partial charge >= 0.3 is 5.97 Å². The monoisotopic (exact) mass is 930 g/mol. The van der Waals surface area contributed by atoms with E-state index >= 15 is 0 Å². The number of unbranched alkanes of at least 4 members (excludes halogenated alkanes) is 12. The van der Waals surface area contributed by atoms with E-state index in [1.807, 2.05) is 13.7 Å². The molecule has 0 saturated carbocycles. The number of aliphatic hydroxyl groups is 1. The number of aldehydes is 1. The number of carboxylic acids is 1. The molecule has 0 spiro atoms. The molecule has 7 N–H and O–H groups in total. The maximum Gasteiger partial charge on any atom is 0.303 e. The third-order valence-electron chi connectivity index (χ3n) is 8.67. The normalized spacial score (nSPS) is 11.2. The molecule has 2 atom stereocenters. The Morgan fingerprint density at radius 3 is 1.65 bits per heavy atom. The summed E-state index contributed by atoms with van der Waals surface area (Å²) < 4.78 is 23.4. The number of carbonyl (C=O) groups is 7. The van der Waals surface area contributed by atoms with Crippen LogP contribution < -0.4 is 26.0 Å². The molecule has 0 aliphatic heterocycles. The van der Waals surface area contributed by atoms with E-state index in [-0.39, 0.29) is 49.8 Å². The van der Waals surface area contributed by atoms with Crippen LogP contribution in [0.5, 0.6) is 0 Å². The predicted molar refractivity (Wildman–Crippen MR) is 247 cm³/mol. The maximum absolute atomic E-state index is 12.1. The highest BCUT2D eigenvalue weighted by Crippen LogP contribution is 2.13. The molecule has 0 saturated heterocycles. The van der Waals surface area contributed by atoms with Gasteiger partial charge in [-0.25, -0.2) is 0 Å². The van der Waals surface area contributed by atoms with Gasteiger partial charge in [0.05, 0.1) is 58.3 Å². The lowest BCUT2D eigenvalue weighted by Gasteiger charge is -2.16. The summed E-state index contributed by atoms with van der Waals surface area (Å²) in [4.78, 5) is 74.4. The van der Waals surface area contributed by atoms with Crippen molar-refractivity contribution >= 4 is 68.6 Å². The average Bonchev–Trinajstić information content (AvgIpc) is 3.28. The van der Waals surface area contributed by atoms with Crippen LogP contribution in [0.25, 0.3) is 0 Å². The Bertz CT molecular complexity index is 1030. The Morgan fingerprint density at radius 1 is 0.613 bits per heavy atom. The molecule has 0 aromatic heterocycles. The summed E-state index contributed by atoms with van der Waals surface area (Å²) in [6.45, 7) is 8.41. The number of rotatable bonds is 43. The van der Waals surface area contributed by atoms with Gasteiger partial charge in [0.15, 0.2) is 0 Å². The minimum atomic E-state index is -0.700. The number of thiol groups is 2. The van der Waals surface area contributed by atoms with Gasteiger partial charge in [-0.3, -0.25) is 28.7 Å². The first-order chi connectivity index (χ1) is 30.2. The number of hydrogen-bond donors (Lipinski definition) is 9. The molecule has 0 radical (unpaired) electrons. The minimum absolute atomic E-state index is 0.00882. The molecular weight excluding hydrogens is 847 g/mol. The molecule has 4 amide bonds.